The van der Waals surface area contributed by atoms with Gasteiger partial charge in [-0.3, -0.25) is 9.69 Å². The van der Waals surface area contributed by atoms with E-state index in [2.05, 4.69) is 9.88 Å². The quantitative estimate of drug-likeness (QED) is 0.835. The van der Waals surface area contributed by atoms with Crippen LogP contribution >= 0.6 is 0 Å². The summed E-state index contributed by atoms with van der Waals surface area (Å²) < 4.78 is 11.3. The van der Waals surface area contributed by atoms with Crippen LogP contribution in [0.4, 0.5) is 0 Å². The van der Waals surface area contributed by atoms with Crippen LogP contribution in [0.5, 0.6) is 5.88 Å². The first-order valence-corrected chi connectivity index (χ1v) is 9.53. The number of piperazine rings is 1. The molecular weight excluding hydrogens is 318 g/mol. The lowest BCUT2D eigenvalue weighted by molar-refractivity contribution is 0.0236. The number of carbonyl (C=O) groups is 1. The van der Waals surface area contributed by atoms with Crippen molar-refractivity contribution >= 4 is 5.91 Å². The molecule has 6 heteroatoms. The molecule has 0 atom stereocenters. The van der Waals surface area contributed by atoms with Gasteiger partial charge >= 0.3 is 0 Å². The Hall–Kier alpha value is -1.66. The van der Waals surface area contributed by atoms with Gasteiger partial charge in [-0.25, -0.2) is 4.98 Å². The van der Waals surface area contributed by atoms with Gasteiger partial charge in [0.05, 0.1) is 13.2 Å². The van der Waals surface area contributed by atoms with Crippen LogP contribution in [0, 0.1) is 0 Å². The number of carbonyl (C=O) groups excluding carboxylic acids is 1. The summed E-state index contributed by atoms with van der Waals surface area (Å²) in [5.41, 5.74) is 0.675. The van der Waals surface area contributed by atoms with Gasteiger partial charge in [-0.15, -0.1) is 0 Å². The minimum Gasteiger partial charge on any atom is -0.474 e. The van der Waals surface area contributed by atoms with Gasteiger partial charge in [-0.2, -0.15) is 0 Å². The summed E-state index contributed by atoms with van der Waals surface area (Å²) in [5.74, 6) is 0.637. The van der Waals surface area contributed by atoms with Gasteiger partial charge < -0.3 is 14.4 Å². The number of aromatic nitrogens is 1. The fraction of sp³-hybridized carbons (Fsp3) is 0.684. The maximum absolute atomic E-state index is 12.8. The molecule has 0 radical (unpaired) electrons. The molecule has 1 aliphatic carbocycles. The molecular formula is C19H27N3O3. The minimum atomic E-state index is 0.0903. The molecule has 3 fully saturated rings. The van der Waals surface area contributed by atoms with Crippen LogP contribution in [0.3, 0.4) is 0 Å². The van der Waals surface area contributed by atoms with Gasteiger partial charge in [0, 0.05) is 62.9 Å². The number of amides is 1. The molecule has 1 aromatic rings. The highest BCUT2D eigenvalue weighted by molar-refractivity contribution is 5.94. The Bertz CT molecular complexity index is 591. The Morgan fingerprint density at radius 2 is 1.88 bits per heavy atom. The predicted octanol–water partition coefficient (Wildman–Crippen LogP) is 1.95. The molecule has 4 rings (SSSR count). The van der Waals surface area contributed by atoms with Gasteiger partial charge in [0.25, 0.3) is 5.91 Å². The summed E-state index contributed by atoms with van der Waals surface area (Å²) in [7, 11) is 0. The zero-order valence-corrected chi connectivity index (χ0v) is 14.7. The highest BCUT2D eigenvalue weighted by Gasteiger charge is 2.29. The molecule has 0 bridgehead atoms. The van der Waals surface area contributed by atoms with E-state index < -0.39 is 0 Å². The van der Waals surface area contributed by atoms with Crippen molar-refractivity contribution < 1.29 is 14.3 Å². The van der Waals surface area contributed by atoms with Gasteiger partial charge in [0.1, 0.15) is 6.10 Å². The van der Waals surface area contributed by atoms with Crippen molar-refractivity contribution in [3.05, 3.63) is 23.9 Å². The Labute approximate surface area is 149 Å². The number of rotatable bonds is 4. The summed E-state index contributed by atoms with van der Waals surface area (Å²) in [4.78, 5) is 21.6. The molecule has 0 spiro atoms. The zero-order valence-electron chi connectivity index (χ0n) is 14.7. The third-order valence-electron chi connectivity index (χ3n) is 5.63. The van der Waals surface area contributed by atoms with E-state index in [9.17, 15) is 4.79 Å². The van der Waals surface area contributed by atoms with Crippen LogP contribution in [0.1, 0.15) is 42.5 Å². The number of pyridine rings is 1. The summed E-state index contributed by atoms with van der Waals surface area (Å²) in [5, 5.41) is 0. The molecule has 0 unspecified atom stereocenters. The maximum Gasteiger partial charge on any atom is 0.254 e. The first-order valence-electron chi connectivity index (χ1n) is 9.53. The third-order valence-corrected chi connectivity index (χ3v) is 5.63. The second-order valence-corrected chi connectivity index (χ2v) is 7.23. The average Bonchev–Trinajstić information content (AvgIpc) is 2.61. The molecule has 136 valence electrons. The van der Waals surface area contributed by atoms with E-state index in [4.69, 9.17) is 9.47 Å². The van der Waals surface area contributed by atoms with E-state index in [1.54, 1.807) is 18.3 Å². The Morgan fingerprint density at radius 1 is 1.12 bits per heavy atom. The molecule has 0 N–H and O–H groups in total. The van der Waals surface area contributed by atoms with E-state index in [-0.39, 0.29) is 12.0 Å². The lowest BCUT2D eigenvalue weighted by atomic mass is 9.91. The van der Waals surface area contributed by atoms with Gasteiger partial charge in [0.15, 0.2) is 0 Å². The topological polar surface area (TPSA) is 54.9 Å². The van der Waals surface area contributed by atoms with E-state index in [0.29, 0.717) is 11.4 Å². The fourth-order valence-electron chi connectivity index (χ4n) is 3.80. The van der Waals surface area contributed by atoms with Crippen LogP contribution in [-0.2, 0) is 4.74 Å². The third kappa shape index (κ3) is 3.96. The fourth-order valence-corrected chi connectivity index (χ4v) is 3.80. The van der Waals surface area contributed by atoms with Crippen molar-refractivity contribution in [1.82, 2.24) is 14.8 Å². The highest BCUT2D eigenvalue weighted by atomic mass is 16.5. The summed E-state index contributed by atoms with van der Waals surface area (Å²) >= 11 is 0. The highest BCUT2D eigenvalue weighted by Crippen LogP contribution is 2.26. The molecule has 3 aliphatic rings. The maximum atomic E-state index is 12.8. The SMILES string of the molecule is O=C(c1ccnc(OC2CCOCC2)c1)N1CCN(C2CCC2)CC1. The summed E-state index contributed by atoms with van der Waals surface area (Å²) in [6, 6.07) is 4.34. The Kier molecular flexibility index (Phi) is 5.17. The first kappa shape index (κ1) is 16.8. The molecule has 2 saturated heterocycles. The number of nitrogens with zero attached hydrogens (tertiary/aromatic N) is 3. The smallest absolute Gasteiger partial charge is 0.254 e. The molecule has 2 aliphatic heterocycles. The molecule has 1 saturated carbocycles. The van der Waals surface area contributed by atoms with Crippen molar-refractivity contribution in [2.45, 2.75) is 44.2 Å². The van der Waals surface area contributed by atoms with E-state index in [1.165, 1.54) is 19.3 Å². The number of ether oxygens (including phenoxy) is 2. The average molecular weight is 345 g/mol. The standard InChI is InChI=1S/C19H27N3O3/c23-19(22-10-8-21(9-11-22)16-2-1-3-16)15-4-7-20-18(14-15)25-17-5-12-24-13-6-17/h4,7,14,16-17H,1-3,5-6,8-13H2. The van der Waals surface area contributed by atoms with E-state index in [1.807, 2.05) is 4.90 Å². The number of hydrogen-bond donors (Lipinski definition) is 0. The van der Waals surface area contributed by atoms with Crippen molar-refractivity contribution in [3.8, 4) is 5.88 Å². The molecule has 0 aromatic carbocycles. The van der Waals surface area contributed by atoms with Crippen LogP contribution in [0.2, 0.25) is 0 Å². The van der Waals surface area contributed by atoms with Crippen molar-refractivity contribution in [2.75, 3.05) is 39.4 Å². The number of hydrogen-bond acceptors (Lipinski definition) is 5. The lowest BCUT2D eigenvalue weighted by Crippen LogP contribution is -2.53. The molecule has 6 nitrogen and oxygen atoms in total. The molecule has 3 heterocycles. The van der Waals surface area contributed by atoms with Gasteiger partial charge in [-0.1, -0.05) is 6.42 Å². The normalized spacial score (nSPS) is 23.3. The Morgan fingerprint density at radius 3 is 2.56 bits per heavy atom. The van der Waals surface area contributed by atoms with E-state index in [0.717, 1.165) is 58.3 Å². The van der Waals surface area contributed by atoms with Gasteiger partial charge in [0.2, 0.25) is 5.88 Å². The monoisotopic (exact) mass is 345 g/mol. The second-order valence-electron chi connectivity index (χ2n) is 7.23. The van der Waals surface area contributed by atoms with Crippen molar-refractivity contribution in [3.63, 3.8) is 0 Å². The van der Waals surface area contributed by atoms with Crippen LogP contribution in [0.15, 0.2) is 18.3 Å². The van der Waals surface area contributed by atoms with Gasteiger partial charge in [-0.05, 0) is 18.9 Å². The molecule has 25 heavy (non-hydrogen) atoms. The molecule has 1 amide bonds. The predicted molar refractivity (Wildman–Crippen MR) is 93.8 cm³/mol. The van der Waals surface area contributed by atoms with Crippen LogP contribution in [0.25, 0.3) is 0 Å². The van der Waals surface area contributed by atoms with E-state index >= 15 is 0 Å². The lowest BCUT2D eigenvalue weighted by Gasteiger charge is -2.42. The van der Waals surface area contributed by atoms with Crippen molar-refractivity contribution in [1.29, 1.82) is 0 Å². The largest absolute Gasteiger partial charge is 0.474 e. The van der Waals surface area contributed by atoms with Crippen molar-refractivity contribution in [2.24, 2.45) is 0 Å². The zero-order chi connectivity index (χ0) is 17.1. The van der Waals surface area contributed by atoms with Crippen LogP contribution < -0.4 is 4.74 Å². The summed E-state index contributed by atoms with van der Waals surface area (Å²) in [6.45, 7) is 5.07. The Balaban J connectivity index is 1.34. The first-order chi connectivity index (χ1) is 12.3. The second kappa shape index (κ2) is 7.70. The van der Waals surface area contributed by atoms with Crippen LogP contribution in [-0.4, -0.2) is 72.2 Å². The summed E-state index contributed by atoms with van der Waals surface area (Å²) in [6.07, 6.45) is 7.57. The minimum absolute atomic E-state index is 0.0903. The molecule has 1 aromatic heterocycles.